The lowest BCUT2D eigenvalue weighted by atomic mass is 9.95. The molecule has 2 amide bonds. The Morgan fingerprint density at radius 1 is 1.13 bits per heavy atom. The summed E-state index contributed by atoms with van der Waals surface area (Å²) in [6.07, 6.45) is 0. The monoisotopic (exact) mass is 452 g/mol. The van der Waals surface area contributed by atoms with Gasteiger partial charge < -0.3 is 15.4 Å². The second-order valence-electron chi connectivity index (χ2n) is 6.41. The minimum absolute atomic E-state index is 0.0375. The third-order valence-corrected chi connectivity index (χ3v) is 6.27. The average Bonchev–Trinajstić information content (AvgIpc) is 2.68. The van der Waals surface area contributed by atoms with Crippen LogP contribution < -0.4 is 10.6 Å². The van der Waals surface area contributed by atoms with Crippen LogP contribution in [0.15, 0.2) is 64.7 Å². The maximum absolute atomic E-state index is 13.2. The molecule has 3 rings (SSSR count). The molecule has 0 saturated carbocycles. The standard InChI is InChI=1S/C20H18ClFN2O5S/c1-2-29-19(25)17-16(11-30(27,28)15-9-7-14(22)8-10-15)23-20(26)24-18(17)12-3-5-13(21)6-4-12/h3-10,18H,2,11H2,1H3,(H2,23,24,26). The maximum atomic E-state index is 13.2. The van der Waals surface area contributed by atoms with Crippen LogP contribution in [-0.4, -0.2) is 32.8 Å². The molecule has 10 heteroatoms. The second kappa shape index (κ2) is 8.85. The number of hydrogen-bond acceptors (Lipinski definition) is 5. The molecule has 158 valence electrons. The van der Waals surface area contributed by atoms with Crippen molar-refractivity contribution in [2.24, 2.45) is 0 Å². The SMILES string of the molecule is CCOC(=O)C1=C(CS(=O)(=O)c2ccc(F)cc2)NC(=O)NC1c1ccc(Cl)cc1. The van der Waals surface area contributed by atoms with E-state index in [1.165, 1.54) is 0 Å². The van der Waals surface area contributed by atoms with E-state index in [1.54, 1.807) is 31.2 Å². The first-order chi connectivity index (χ1) is 14.2. The number of halogens is 2. The van der Waals surface area contributed by atoms with Crippen LogP contribution in [0.25, 0.3) is 0 Å². The van der Waals surface area contributed by atoms with Crippen LogP contribution >= 0.6 is 11.6 Å². The largest absolute Gasteiger partial charge is 0.463 e. The summed E-state index contributed by atoms with van der Waals surface area (Å²) in [7, 11) is -3.99. The van der Waals surface area contributed by atoms with Gasteiger partial charge in [-0.25, -0.2) is 22.4 Å². The molecule has 2 N–H and O–H groups in total. The molecule has 1 aliphatic rings. The first-order valence-electron chi connectivity index (χ1n) is 8.92. The number of carbonyl (C=O) groups is 2. The normalized spacial score (nSPS) is 16.6. The second-order valence-corrected chi connectivity index (χ2v) is 8.83. The van der Waals surface area contributed by atoms with Gasteiger partial charge in [-0.15, -0.1) is 0 Å². The summed E-state index contributed by atoms with van der Waals surface area (Å²) in [6, 6.07) is 9.07. The topological polar surface area (TPSA) is 102 Å². The van der Waals surface area contributed by atoms with Crippen molar-refractivity contribution in [2.45, 2.75) is 17.9 Å². The molecule has 0 radical (unpaired) electrons. The van der Waals surface area contributed by atoms with Gasteiger partial charge in [-0.3, -0.25) is 0 Å². The number of ether oxygens (including phenoxy) is 1. The fraction of sp³-hybridized carbons (Fsp3) is 0.200. The number of amides is 2. The molecule has 7 nitrogen and oxygen atoms in total. The van der Waals surface area contributed by atoms with E-state index in [0.29, 0.717) is 10.6 Å². The Balaban J connectivity index is 2.08. The molecular weight excluding hydrogens is 435 g/mol. The highest BCUT2D eigenvalue weighted by atomic mass is 35.5. The van der Waals surface area contributed by atoms with Gasteiger partial charge in [0.25, 0.3) is 0 Å². The van der Waals surface area contributed by atoms with Crippen LogP contribution in [0.5, 0.6) is 0 Å². The molecule has 0 aliphatic carbocycles. The van der Waals surface area contributed by atoms with Crippen molar-refractivity contribution >= 4 is 33.4 Å². The fourth-order valence-electron chi connectivity index (χ4n) is 3.00. The van der Waals surface area contributed by atoms with Crippen molar-refractivity contribution in [1.29, 1.82) is 0 Å². The summed E-state index contributed by atoms with van der Waals surface area (Å²) in [5.74, 6) is -2.03. The van der Waals surface area contributed by atoms with Crippen LogP contribution in [0.4, 0.5) is 9.18 Å². The molecule has 0 saturated heterocycles. The number of urea groups is 1. The van der Waals surface area contributed by atoms with Crippen molar-refractivity contribution in [1.82, 2.24) is 10.6 Å². The molecule has 0 bridgehead atoms. The van der Waals surface area contributed by atoms with E-state index in [0.717, 1.165) is 24.3 Å². The van der Waals surface area contributed by atoms with Gasteiger partial charge in [0.15, 0.2) is 9.84 Å². The predicted molar refractivity (Wildman–Crippen MR) is 108 cm³/mol. The van der Waals surface area contributed by atoms with Crippen LogP contribution in [0, 0.1) is 5.82 Å². The fourth-order valence-corrected chi connectivity index (χ4v) is 4.45. The summed E-state index contributed by atoms with van der Waals surface area (Å²) in [4.78, 5) is 24.8. The predicted octanol–water partition coefficient (Wildman–Crippen LogP) is 3.12. The van der Waals surface area contributed by atoms with Crippen molar-refractivity contribution in [3.63, 3.8) is 0 Å². The molecular formula is C20H18ClFN2O5S. The minimum atomic E-state index is -3.99. The molecule has 1 unspecified atom stereocenters. The summed E-state index contributed by atoms with van der Waals surface area (Å²) in [6.45, 7) is 1.67. The summed E-state index contributed by atoms with van der Waals surface area (Å²) in [5, 5.41) is 5.47. The molecule has 2 aromatic carbocycles. The Morgan fingerprint density at radius 2 is 1.77 bits per heavy atom. The van der Waals surface area contributed by atoms with Crippen LogP contribution in [0.1, 0.15) is 18.5 Å². The number of carbonyl (C=O) groups excluding carboxylic acids is 2. The molecule has 0 aromatic heterocycles. The lowest BCUT2D eigenvalue weighted by Gasteiger charge is -2.29. The third kappa shape index (κ3) is 4.80. The molecule has 1 aliphatic heterocycles. The van der Waals surface area contributed by atoms with E-state index in [1.807, 2.05) is 0 Å². The number of sulfone groups is 1. The van der Waals surface area contributed by atoms with Crippen molar-refractivity contribution < 1.29 is 27.1 Å². The van der Waals surface area contributed by atoms with Crippen molar-refractivity contribution in [2.75, 3.05) is 12.4 Å². The Hall–Kier alpha value is -2.91. The lowest BCUT2D eigenvalue weighted by Crippen LogP contribution is -2.47. The van der Waals surface area contributed by atoms with Gasteiger partial charge in [-0.05, 0) is 48.9 Å². The number of hydrogen-bond donors (Lipinski definition) is 2. The minimum Gasteiger partial charge on any atom is -0.463 e. The van der Waals surface area contributed by atoms with Gasteiger partial charge in [0, 0.05) is 10.7 Å². The average molecular weight is 453 g/mol. The highest BCUT2D eigenvalue weighted by Crippen LogP contribution is 2.30. The molecule has 30 heavy (non-hydrogen) atoms. The molecule has 1 atom stereocenters. The Bertz CT molecular complexity index is 1100. The van der Waals surface area contributed by atoms with Gasteiger partial charge in [0.2, 0.25) is 0 Å². The highest BCUT2D eigenvalue weighted by molar-refractivity contribution is 7.91. The molecule has 1 heterocycles. The lowest BCUT2D eigenvalue weighted by molar-refractivity contribution is -0.139. The first-order valence-corrected chi connectivity index (χ1v) is 11.0. The molecule has 2 aromatic rings. The van der Waals surface area contributed by atoms with Crippen LogP contribution in [0.3, 0.4) is 0 Å². The highest BCUT2D eigenvalue weighted by Gasteiger charge is 2.35. The number of nitrogens with one attached hydrogen (secondary N) is 2. The van der Waals surface area contributed by atoms with Gasteiger partial charge >= 0.3 is 12.0 Å². The van der Waals surface area contributed by atoms with Crippen LogP contribution in [-0.2, 0) is 19.4 Å². The van der Waals surface area contributed by atoms with Gasteiger partial charge in [-0.1, -0.05) is 23.7 Å². The Morgan fingerprint density at radius 3 is 2.37 bits per heavy atom. The quantitative estimate of drug-likeness (QED) is 0.518. The van der Waals surface area contributed by atoms with E-state index in [2.05, 4.69) is 10.6 Å². The van der Waals surface area contributed by atoms with Crippen molar-refractivity contribution in [3.8, 4) is 0 Å². The Kier molecular flexibility index (Phi) is 6.42. The zero-order chi connectivity index (χ0) is 21.9. The van der Waals surface area contributed by atoms with E-state index in [9.17, 15) is 22.4 Å². The number of esters is 1. The van der Waals surface area contributed by atoms with Gasteiger partial charge in [-0.2, -0.15) is 0 Å². The van der Waals surface area contributed by atoms with Gasteiger partial charge in [0.05, 0.1) is 28.9 Å². The Labute approximate surface area is 177 Å². The van der Waals surface area contributed by atoms with E-state index in [4.69, 9.17) is 16.3 Å². The number of rotatable bonds is 6. The van der Waals surface area contributed by atoms with E-state index >= 15 is 0 Å². The summed E-state index contributed by atoms with van der Waals surface area (Å²) < 4.78 is 43.9. The smallest absolute Gasteiger partial charge is 0.338 e. The zero-order valence-electron chi connectivity index (χ0n) is 15.8. The zero-order valence-corrected chi connectivity index (χ0v) is 17.4. The van der Waals surface area contributed by atoms with Crippen LogP contribution in [0.2, 0.25) is 5.02 Å². The van der Waals surface area contributed by atoms with E-state index in [-0.39, 0.29) is 22.8 Å². The third-order valence-electron chi connectivity index (χ3n) is 4.36. The molecule has 0 fully saturated rings. The molecule has 0 spiro atoms. The summed E-state index contributed by atoms with van der Waals surface area (Å²) in [5.41, 5.74) is 0.375. The summed E-state index contributed by atoms with van der Waals surface area (Å²) >= 11 is 5.91. The number of benzene rings is 2. The van der Waals surface area contributed by atoms with Gasteiger partial charge in [0.1, 0.15) is 5.82 Å². The first kappa shape index (κ1) is 21.8. The van der Waals surface area contributed by atoms with E-state index < -0.39 is 39.4 Å². The van der Waals surface area contributed by atoms with Crippen molar-refractivity contribution in [3.05, 3.63) is 76.2 Å². The maximum Gasteiger partial charge on any atom is 0.338 e.